The summed E-state index contributed by atoms with van der Waals surface area (Å²) in [7, 11) is 1.48. The van der Waals surface area contributed by atoms with Crippen LogP contribution in [0.3, 0.4) is 0 Å². The molecule has 1 N–H and O–H groups in total. The zero-order valence-corrected chi connectivity index (χ0v) is 9.73. The molecule has 0 amide bonds. The Kier molecular flexibility index (Phi) is 4.89. The van der Waals surface area contributed by atoms with Crippen LogP contribution in [0.1, 0.15) is 0 Å². The SMILES string of the molecule is COc1ccc(NCCOC(F)(F)F)cc1Cl. The van der Waals surface area contributed by atoms with Crippen LogP contribution in [-0.4, -0.2) is 26.6 Å². The van der Waals surface area contributed by atoms with E-state index in [0.717, 1.165) is 0 Å². The highest BCUT2D eigenvalue weighted by molar-refractivity contribution is 6.32. The average Bonchev–Trinajstić information content (AvgIpc) is 2.23. The van der Waals surface area contributed by atoms with E-state index in [4.69, 9.17) is 16.3 Å². The van der Waals surface area contributed by atoms with Crippen molar-refractivity contribution in [3.8, 4) is 5.75 Å². The van der Waals surface area contributed by atoms with Crippen molar-refractivity contribution >= 4 is 17.3 Å². The van der Waals surface area contributed by atoms with E-state index >= 15 is 0 Å². The van der Waals surface area contributed by atoms with Crippen molar-refractivity contribution in [2.45, 2.75) is 6.36 Å². The van der Waals surface area contributed by atoms with E-state index in [1.165, 1.54) is 7.11 Å². The Bertz CT molecular complexity index is 371. The van der Waals surface area contributed by atoms with Crippen molar-refractivity contribution in [1.29, 1.82) is 0 Å². The summed E-state index contributed by atoms with van der Waals surface area (Å²) in [6.45, 7) is -0.435. The number of alkyl halides is 3. The molecule has 0 aliphatic carbocycles. The minimum absolute atomic E-state index is 0.0299. The Morgan fingerprint density at radius 1 is 1.35 bits per heavy atom. The maximum Gasteiger partial charge on any atom is 0.522 e. The van der Waals surface area contributed by atoms with Gasteiger partial charge < -0.3 is 10.1 Å². The fourth-order valence-electron chi connectivity index (χ4n) is 1.14. The number of ether oxygens (including phenoxy) is 2. The minimum atomic E-state index is -4.60. The fraction of sp³-hybridized carbons (Fsp3) is 0.400. The molecule has 0 aromatic heterocycles. The topological polar surface area (TPSA) is 30.5 Å². The zero-order valence-electron chi connectivity index (χ0n) is 8.97. The molecule has 7 heteroatoms. The fourth-order valence-corrected chi connectivity index (χ4v) is 1.40. The summed E-state index contributed by atoms with van der Waals surface area (Å²) in [5.41, 5.74) is 0.599. The lowest BCUT2D eigenvalue weighted by molar-refractivity contribution is -0.322. The van der Waals surface area contributed by atoms with Crippen molar-refractivity contribution in [1.82, 2.24) is 0 Å². The van der Waals surface area contributed by atoms with Crippen LogP contribution in [0.2, 0.25) is 5.02 Å². The molecule has 0 saturated carbocycles. The van der Waals surface area contributed by atoms with Gasteiger partial charge in [-0.1, -0.05) is 11.6 Å². The number of hydrogen-bond donors (Lipinski definition) is 1. The molecular formula is C10H11ClF3NO2. The van der Waals surface area contributed by atoms with Gasteiger partial charge in [0.1, 0.15) is 5.75 Å². The second-order valence-corrected chi connectivity index (χ2v) is 3.48. The highest BCUT2D eigenvalue weighted by Gasteiger charge is 2.28. The molecule has 1 aromatic rings. The molecule has 0 saturated heterocycles. The van der Waals surface area contributed by atoms with Crippen molar-refractivity contribution < 1.29 is 22.6 Å². The Labute approximate surface area is 101 Å². The highest BCUT2D eigenvalue weighted by Crippen LogP contribution is 2.27. The van der Waals surface area contributed by atoms with Crippen molar-refractivity contribution in [3.05, 3.63) is 23.2 Å². The molecule has 0 unspecified atom stereocenters. The molecule has 0 aliphatic rings. The number of rotatable bonds is 5. The Morgan fingerprint density at radius 3 is 2.59 bits per heavy atom. The van der Waals surface area contributed by atoms with Gasteiger partial charge in [0, 0.05) is 12.2 Å². The van der Waals surface area contributed by atoms with Crippen molar-refractivity contribution in [3.63, 3.8) is 0 Å². The first kappa shape index (κ1) is 13.9. The van der Waals surface area contributed by atoms with Crippen LogP contribution in [0.25, 0.3) is 0 Å². The molecule has 17 heavy (non-hydrogen) atoms. The van der Waals surface area contributed by atoms with Gasteiger partial charge in [0.15, 0.2) is 0 Å². The van der Waals surface area contributed by atoms with E-state index in [0.29, 0.717) is 16.5 Å². The van der Waals surface area contributed by atoms with Crippen LogP contribution < -0.4 is 10.1 Å². The number of anilines is 1. The number of benzene rings is 1. The van der Waals surface area contributed by atoms with E-state index in [-0.39, 0.29) is 6.54 Å². The maximum absolute atomic E-state index is 11.7. The van der Waals surface area contributed by atoms with Crippen molar-refractivity contribution in [2.75, 3.05) is 25.6 Å². The molecule has 1 rings (SSSR count). The average molecular weight is 270 g/mol. The lowest BCUT2D eigenvalue weighted by Gasteiger charge is -2.10. The molecule has 0 aliphatic heterocycles. The Balaban J connectivity index is 2.40. The predicted octanol–water partition coefficient (Wildman–Crippen LogP) is 3.30. The molecule has 0 spiro atoms. The lowest BCUT2D eigenvalue weighted by atomic mass is 10.3. The largest absolute Gasteiger partial charge is 0.522 e. The third-order valence-corrected chi connectivity index (χ3v) is 2.14. The van der Waals surface area contributed by atoms with E-state index in [9.17, 15) is 13.2 Å². The first-order chi connectivity index (χ1) is 7.92. The van der Waals surface area contributed by atoms with Crippen LogP contribution in [0.15, 0.2) is 18.2 Å². The summed E-state index contributed by atoms with van der Waals surface area (Å²) >= 11 is 5.84. The number of methoxy groups -OCH3 is 1. The quantitative estimate of drug-likeness (QED) is 0.832. The van der Waals surface area contributed by atoms with Crippen molar-refractivity contribution in [2.24, 2.45) is 0 Å². The van der Waals surface area contributed by atoms with Gasteiger partial charge in [0.2, 0.25) is 0 Å². The van der Waals surface area contributed by atoms with Gasteiger partial charge in [0.05, 0.1) is 18.7 Å². The second kappa shape index (κ2) is 5.97. The summed E-state index contributed by atoms with van der Waals surface area (Å²) in [5.74, 6) is 0.503. The molecule has 0 bridgehead atoms. The molecule has 0 atom stereocenters. The standard InChI is InChI=1S/C10H11ClF3NO2/c1-16-9-3-2-7(6-8(9)11)15-4-5-17-10(12,13)14/h2-3,6,15H,4-5H2,1H3. The smallest absolute Gasteiger partial charge is 0.495 e. The lowest BCUT2D eigenvalue weighted by Crippen LogP contribution is -2.19. The Morgan fingerprint density at radius 2 is 2.06 bits per heavy atom. The van der Waals surface area contributed by atoms with Gasteiger partial charge in [0.25, 0.3) is 0 Å². The summed E-state index contributed by atoms with van der Waals surface area (Å²) < 4.78 is 43.5. The van der Waals surface area contributed by atoms with Gasteiger partial charge in [-0.05, 0) is 18.2 Å². The van der Waals surface area contributed by atoms with Crippen LogP contribution >= 0.6 is 11.6 Å². The third-order valence-electron chi connectivity index (χ3n) is 1.85. The molecule has 3 nitrogen and oxygen atoms in total. The van der Waals surface area contributed by atoms with Crippen LogP contribution in [0.5, 0.6) is 5.75 Å². The van der Waals surface area contributed by atoms with E-state index < -0.39 is 13.0 Å². The van der Waals surface area contributed by atoms with Gasteiger partial charge >= 0.3 is 6.36 Å². The summed E-state index contributed by atoms with van der Waals surface area (Å²) in [5, 5.41) is 3.13. The first-order valence-corrected chi connectivity index (χ1v) is 5.08. The molecule has 96 valence electrons. The highest BCUT2D eigenvalue weighted by atomic mass is 35.5. The minimum Gasteiger partial charge on any atom is -0.495 e. The van der Waals surface area contributed by atoms with Gasteiger partial charge in [-0.15, -0.1) is 13.2 Å². The second-order valence-electron chi connectivity index (χ2n) is 3.07. The number of nitrogens with one attached hydrogen (secondary N) is 1. The van der Waals surface area contributed by atoms with E-state index in [2.05, 4.69) is 10.1 Å². The monoisotopic (exact) mass is 269 g/mol. The predicted molar refractivity (Wildman–Crippen MR) is 58.5 cm³/mol. The van der Waals surface area contributed by atoms with Crippen LogP contribution in [-0.2, 0) is 4.74 Å². The number of hydrogen-bond acceptors (Lipinski definition) is 3. The molecule has 0 fully saturated rings. The molecular weight excluding hydrogens is 259 g/mol. The maximum atomic E-state index is 11.7. The summed E-state index contributed by atoms with van der Waals surface area (Å²) in [6.07, 6.45) is -4.60. The summed E-state index contributed by atoms with van der Waals surface area (Å²) in [4.78, 5) is 0. The normalized spacial score (nSPS) is 11.4. The van der Waals surface area contributed by atoms with Crippen LogP contribution in [0, 0.1) is 0 Å². The molecule has 0 heterocycles. The Hall–Kier alpha value is -1.14. The van der Waals surface area contributed by atoms with Gasteiger partial charge in [-0.3, -0.25) is 4.74 Å². The zero-order chi connectivity index (χ0) is 12.9. The van der Waals surface area contributed by atoms with Gasteiger partial charge in [-0.2, -0.15) is 0 Å². The number of halogens is 4. The first-order valence-electron chi connectivity index (χ1n) is 4.70. The van der Waals surface area contributed by atoms with E-state index in [1.807, 2.05) is 0 Å². The van der Waals surface area contributed by atoms with E-state index in [1.54, 1.807) is 18.2 Å². The summed E-state index contributed by atoms with van der Waals surface area (Å²) in [6, 6.07) is 4.83. The molecule has 0 radical (unpaired) electrons. The third kappa shape index (κ3) is 5.14. The molecule has 1 aromatic carbocycles. The van der Waals surface area contributed by atoms with Crippen LogP contribution in [0.4, 0.5) is 18.9 Å². The van der Waals surface area contributed by atoms with Gasteiger partial charge in [-0.25, -0.2) is 0 Å².